The molecule has 1 aromatic heterocycles. The number of benzene rings is 2. The molecule has 3 aromatic rings. The number of anilines is 4. The van der Waals surface area contributed by atoms with Crippen LogP contribution in [0, 0.1) is 17.0 Å². The van der Waals surface area contributed by atoms with Gasteiger partial charge in [-0.25, -0.2) is 9.97 Å². The Labute approximate surface area is 164 Å². The molecule has 2 aromatic carbocycles. The average molecular weight is 377 g/mol. The zero-order chi connectivity index (χ0) is 20.1. The molecule has 0 saturated heterocycles. The van der Waals surface area contributed by atoms with Crippen molar-refractivity contribution in [3.8, 4) is 0 Å². The molecule has 0 unspecified atom stereocenters. The summed E-state index contributed by atoms with van der Waals surface area (Å²) >= 11 is 0. The first-order valence-corrected chi connectivity index (χ1v) is 9.23. The normalized spacial score (nSPS) is 10.5. The largest absolute Gasteiger partial charge is 0.354 e. The van der Waals surface area contributed by atoms with E-state index in [4.69, 9.17) is 0 Å². The second kappa shape index (κ2) is 8.47. The molecule has 1 heterocycles. The van der Waals surface area contributed by atoms with Crippen molar-refractivity contribution < 1.29 is 4.92 Å². The number of para-hydroxylation sites is 1. The van der Waals surface area contributed by atoms with Gasteiger partial charge in [0.2, 0.25) is 11.6 Å². The number of nitro groups is 1. The summed E-state index contributed by atoms with van der Waals surface area (Å²) in [6.45, 7) is 6.96. The first-order valence-electron chi connectivity index (χ1n) is 9.23. The van der Waals surface area contributed by atoms with E-state index in [0.29, 0.717) is 13.1 Å². The lowest BCUT2D eigenvalue weighted by Gasteiger charge is -2.26. The molecule has 0 N–H and O–H groups in total. The van der Waals surface area contributed by atoms with Gasteiger partial charge >= 0.3 is 5.69 Å². The summed E-state index contributed by atoms with van der Waals surface area (Å²) in [5.41, 5.74) is 2.68. The summed E-state index contributed by atoms with van der Waals surface area (Å²) in [6, 6.07) is 17.4. The van der Waals surface area contributed by atoms with Crippen LogP contribution in [-0.4, -0.2) is 28.0 Å². The highest BCUT2D eigenvalue weighted by atomic mass is 16.6. The van der Waals surface area contributed by atoms with Gasteiger partial charge in [0.15, 0.2) is 0 Å². The van der Waals surface area contributed by atoms with E-state index in [0.717, 1.165) is 16.9 Å². The van der Waals surface area contributed by atoms with E-state index in [1.807, 2.05) is 85.2 Å². The summed E-state index contributed by atoms with van der Waals surface area (Å²) in [4.78, 5) is 23.9. The van der Waals surface area contributed by atoms with Crippen LogP contribution in [0.1, 0.15) is 19.4 Å². The smallest absolute Gasteiger partial charge is 0.321 e. The molecule has 3 rings (SSSR count). The van der Waals surface area contributed by atoms with Crippen LogP contribution in [0.25, 0.3) is 0 Å². The topological polar surface area (TPSA) is 75.4 Å². The zero-order valence-corrected chi connectivity index (χ0v) is 16.2. The fraction of sp³-hybridized carbons (Fsp3) is 0.238. The third-order valence-electron chi connectivity index (χ3n) is 4.49. The summed E-state index contributed by atoms with van der Waals surface area (Å²) in [5.74, 6) is 0.576. The summed E-state index contributed by atoms with van der Waals surface area (Å²) in [6.07, 6.45) is 1.39. The van der Waals surface area contributed by atoms with Crippen molar-refractivity contribution >= 4 is 28.7 Å². The average Bonchev–Trinajstić information content (AvgIpc) is 2.70. The number of nitrogens with zero attached hydrogens (tertiary/aromatic N) is 5. The fourth-order valence-electron chi connectivity index (χ4n) is 3.23. The van der Waals surface area contributed by atoms with Crippen molar-refractivity contribution in [3.63, 3.8) is 0 Å². The van der Waals surface area contributed by atoms with E-state index in [9.17, 15) is 10.1 Å². The van der Waals surface area contributed by atoms with Crippen LogP contribution >= 0.6 is 0 Å². The summed E-state index contributed by atoms with van der Waals surface area (Å²) < 4.78 is 0. The minimum atomic E-state index is -0.394. The van der Waals surface area contributed by atoms with Gasteiger partial charge < -0.3 is 9.80 Å². The van der Waals surface area contributed by atoms with Crippen LogP contribution in [0.5, 0.6) is 0 Å². The molecule has 0 bridgehead atoms. The maximum absolute atomic E-state index is 12.1. The molecule has 0 aliphatic carbocycles. The predicted octanol–water partition coefficient (Wildman–Crippen LogP) is 5.01. The van der Waals surface area contributed by atoms with Crippen LogP contribution in [0.15, 0.2) is 60.9 Å². The number of hydrogen-bond donors (Lipinski definition) is 0. The molecular weight excluding hydrogens is 354 g/mol. The predicted molar refractivity (Wildman–Crippen MR) is 112 cm³/mol. The number of aryl methyl sites for hydroxylation is 1. The first-order chi connectivity index (χ1) is 13.6. The van der Waals surface area contributed by atoms with Gasteiger partial charge in [0.05, 0.1) is 4.92 Å². The molecule has 0 amide bonds. The first kappa shape index (κ1) is 19.3. The van der Waals surface area contributed by atoms with Crippen molar-refractivity contribution in [1.29, 1.82) is 0 Å². The quantitative estimate of drug-likeness (QED) is 0.426. The van der Waals surface area contributed by atoms with Gasteiger partial charge in [-0.05, 0) is 50.6 Å². The Morgan fingerprint density at radius 3 is 2.00 bits per heavy atom. The van der Waals surface area contributed by atoms with Crippen LogP contribution < -0.4 is 9.80 Å². The molecule has 0 radical (unpaired) electrons. The molecule has 0 atom stereocenters. The van der Waals surface area contributed by atoms with Crippen molar-refractivity contribution in [1.82, 2.24) is 9.97 Å². The van der Waals surface area contributed by atoms with Crippen LogP contribution in [0.4, 0.5) is 28.7 Å². The Morgan fingerprint density at radius 2 is 1.46 bits per heavy atom. The second-order valence-electron chi connectivity index (χ2n) is 6.29. The highest BCUT2D eigenvalue weighted by molar-refractivity contribution is 5.79. The lowest BCUT2D eigenvalue weighted by atomic mass is 10.2. The standard InChI is InChI=1S/C21H23N5O2/c1-4-24(17-11-7-6-8-12-17)20-19(26(27)28)21(23-15-22-20)25(5-2)18-13-9-10-16(3)14-18/h6-15H,4-5H2,1-3H3. The van der Waals surface area contributed by atoms with Crippen molar-refractivity contribution in [2.24, 2.45) is 0 Å². The monoisotopic (exact) mass is 377 g/mol. The van der Waals surface area contributed by atoms with Crippen molar-refractivity contribution in [2.45, 2.75) is 20.8 Å². The molecule has 28 heavy (non-hydrogen) atoms. The van der Waals surface area contributed by atoms with Crippen LogP contribution in [0.3, 0.4) is 0 Å². The highest BCUT2D eigenvalue weighted by Crippen LogP contribution is 2.39. The molecular formula is C21H23N5O2. The SMILES string of the molecule is CCN(c1ccccc1)c1ncnc(N(CC)c2cccc(C)c2)c1[N+](=O)[O-]. The van der Waals surface area contributed by atoms with Crippen molar-refractivity contribution in [2.75, 3.05) is 22.9 Å². The molecule has 0 aliphatic rings. The zero-order valence-electron chi connectivity index (χ0n) is 16.2. The van der Waals surface area contributed by atoms with Gasteiger partial charge in [0.1, 0.15) is 6.33 Å². The molecule has 0 aliphatic heterocycles. The minimum absolute atomic E-state index is 0.100. The Kier molecular flexibility index (Phi) is 5.84. The second-order valence-corrected chi connectivity index (χ2v) is 6.29. The molecule has 0 saturated carbocycles. The summed E-state index contributed by atoms with van der Waals surface area (Å²) in [7, 11) is 0. The highest BCUT2D eigenvalue weighted by Gasteiger charge is 2.30. The third kappa shape index (κ3) is 3.78. The van der Waals surface area contributed by atoms with Crippen molar-refractivity contribution in [3.05, 3.63) is 76.6 Å². The molecule has 0 spiro atoms. The van der Waals surface area contributed by atoms with Gasteiger partial charge in [-0.3, -0.25) is 10.1 Å². The lowest BCUT2D eigenvalue weighted by Crippen LogP contribution is -2.23. The molecule has 7 nitrogen and oxygen atoms in total. The Morgan fingerprint density at radius 1 is 0.893 bits per heavy atom. The van der Waals surface area contributed by atoms with Gasteiger partial charge in [-0.2, -0.15) is 0 Å². The van der Waals surface area contributed by atoms with E-state index in [1.165, 1.54) is 6.33 Å². The summed E-state index contributed by atoms with van der Waals surface area (Å²) in [5, 5.41) is 12.1. The molecule has 144 valence electrons. The van der Waals surface area contributed by atoms with Crippen LogP contribution in [0.2, 0.25) is 0 Å². The maximum Gasteiger partial charge on any atom is 0.354 e. The Bertz CT molecular complexity index is 962. The number of rotatable bonds is 7. The molecule has 0 fully saturated rings. The number of hydrogen-bond acceptors (Lipinski definition) is 6. The fourth-order valence-corrected chi connectivity index (χ4v) is 3.23. The van der Waals surface area contributed by atoms with E-state index >= 15 is 0 Å². The third-order valence-corrected chi connectivity index (χ3v) is 4.49. The van der Waals surface area contributed by atoms with E-state index in [2.05, 4.69) is 9.97 Å². The number of aromatic nitrogens is 2. The van der Waals surface area contributed by atoms with Gasteiger partial charge in [0.25, 0.3) is 0 Å². The van der Waals surface area contributed by atoms with Gasteiger partial charge in [-0.15, -0.1) is 0 Å². The van der Waals surface area contributed by atoms with E-state index in [-0.39, 0.29) is 17.3 Å². The molecule has 7 heteroatoms. The minimum Gasteiger partial charge on any atom is -0.321 e. The Hall–Kier alpha value is -3.48. The Balaban J connectivity index is 2.18. The van der Waals surface area contributed by atoms with E-state index in [1.54, 1.807) is 0 Å². The van der Waals surface area contributed by atoms with E-state index < -0.39 is 4.92 Å². The van der Waals surface area contributed by atoms with Gasteiger partial charge in [-0.1, -0.05) is 30.3 Å². The maximum atomic E-state index is 12.1. The van der Waals surface area contributed by atoms with Crippen LogP contribution in [-0.2, 0) is 0 Å². The van der Waals surface area contributed by atoms with Gasteiger partial charge in [0, 0.05) is 24.5 Å². The lowest BCUT2D eigenvalue weighted by molar-refractivity contribution is -0.383.